The third kappa shape index (κ3) is 2.79. The minimum atomic E-state index is -0.333. The van der Waals surface area contributed by atoms with Crippen LogP contribution in [0.15, 0.2) is 16.5 Å². The maximum atomic E-state index is 11.8. The first-order chi connectivity index (χ1) is 9.40. The molecular weight excluding hydrogens is 260 g/mol. The Morgan fingerprint density at radius 1 is 1.45 bits per heavy atom. The van der Waals surface area contributed by atoms with Crippen molar-refractivity contribution in [3.8, 4) is 0 Å². The van der Waals surface area contributed by atoms with Crippen LogP contribution >= 0.6 is 0 Å². The minimum absolute atomic E-state index is 0.0422. The summed E-state index contributed by atoms with van der Waals surface area (Å²) in [6.45, 7) is 4.81. The molecule has 6 heteroatoms. The SMILES string of the molecule is CC(C)[C@H]1COC(=O)N1Cc1ccc(C(=O)N(C)C)o1. The fourth-order valence-corrected chi connectivity index (χ4v) is 2.17. The third-order valence-electron chi connectivity index (χ3n) is 3.39. The Kier molecular flexibility index (Phi) is 4.01. The van der Waals surface area contributed by atoms with Gasteiger partial charge < -0.3 is 14.1 Å². The van der Waals surface area contributed by atoms with Crippen LogP contribution in [0.5, 0.6) is 0 Å². The van der Waals surface area contributed by atoms with Crippen molar-refractivity contribution in [3.63, 3.8) is 0 Å². The van der Waals surface area contributed by atoms with Crippen LogP contribution in [0.2, 0.25) is 0 Å². The Hall–Kier alpha value is -1.98. The summed E-state index contributed by atoms with van der Waals surface area (Å²) in [5, 5.41) is 0. The van der Waals surface area contributed by atoms with Crippen molar-refractivity contribution in [1.82, 2.24) is 9.80 Å². The van der Waals surface area contributed by atoms with E-state index in [1.807, 2.05) is 13.8 Å². The Bertz CT molecular complexity index is 507. The quantitative estimate of drug-likeness (QED) is 0.845. The first-order valence-electron chi connectivity index (χ1n) is 6.64. The van der Waals surface area contributed by atoms with Gasteiger partial charge in [-0.2, -0.15) is 0 Å². The van der Waals surface area contributed by atoms with Crippen LogP contribution in [0.3, 0.4) is 0 Å². The number of rotatable bonds is 4. The molecule has 2 amide bonds. The van der Waals surface area contributed by atoms with Crippen LogP contribution in [0.25, 0.3) is 0 Å². The Balaban J connectivity index is 2.10. The molecule has 0 N–H and O–H groups in total. The van der Waals surface area contributed by atoms with Gasteiger partial charge in [0.05, 0.1) is 12.6 Å². The number of carbonyl (C=O) groups is 2. The third-order valence-corrected chi connectivity index (χ3v) is 3.39. The van der Waals surface area contributed by atoms with E-state index >= 15 is 0 Å². The monoisotopic (exact) mass is 280 g/mol. The fourth-order valence-electron chi connectivity index (χ4n) is 2.17. The van der Waals surface area contributed by atoms with Crippen LogP contribution in [-0.2, 0) is 11.3 Å². The van der Waals surface area contributed by atoms with E-state index in [0.717, 1.165) is 0 Å². The average molecular weight is 280 g/mol. The molecule has 1 aliphatic heterocycles. The highest BCUT2D eigenvalue weighted by Gasteiger charge is 2.35. The number of carbonyl (C=O) groups excluding carboxylic acids is 2. The lowest BCUT2D eigenvalue weighted by Gasteiger charge is -2.23. The number of cyclic esters (lactones) is 1. The van der Waals surface area contributed by atoms with Crippen LogP contribution in [0.4, 0.5) is 4.79 Å². The zero-order chi connectivity index (χ0) is 14.9. The zero-order valence-electron chi connectivity index (χ0n) is 12.3. The highest BCUT2D eigenvalue weighted by atomic mass is 16.6. The number of amides is 2. The maximum Gasteiger partial charge on any atom is 0.410 e. The second-order valence-electron chi connectivity index (χ2n) is 5.48. The van der Waals surface area contributed by atoms with Crippen molar-refractivity contribution in [1.29, 1.82) is 0 Å². The van der Waals surface area contributed by atoms with Gasteiger partial charge in [0, 0.05) is 14.1 Å². The molecule has 0 bridgehead atoms. The smallest absolute Gasteiger partial charge is 0.410 e. The van der Waals surface area contributed by atoms with Crippen molar-refractivity contribution in [2.75, 3.05) is 20.7 Å². The number of ether oxygens (including phenoxy) is 1. The molecule has 1 fully saturated rings. The van der Waals surface area contributed by atoms with Crippen LogP contribution < -0.4 is 0 Å². The van der Waals surface area contributed by atoms with E-state index in [4.69, 9.17) is 9.15 Å². The molecular formula is C14H20N2O4. The fraction of sp³-hybridized carbons (Fsp3) is 0.571. The van der Waals surface area contributed by atoms with Crippen LogP contribution in [-0.4, -0.2) is 48.5 Å². The van der Waals surface area contributed by atoms with Crippen molar-refractivity contribution in [2.45, 2.75) is 26.4 Å². The van der Waals surface area contributed by atoms with E-state index in [9.17, 15) is 9.59 Å². The van der Waals surface area contributed by atoms with Gasteiger partial charge in [-0.1, -0.05) is 13.8 Å². The molecule has 0 radical (unpaired) electrons. The van der Waals surface area contributed by atoms with Gasteiger partial charge in [-0.25, -0.2) is 4.79 Å². The Labute approximate surface area is 118 Å². The van der Waals surface area contributed by atoms with E-state index in [-0.39, 0.29) is 23.8 Å². The summed E-state index contributed by atoms with van der Waals surface area (Å²) in [4.78, 5) is 26.6. The molecule has 0 unspecified atom stereocenters. The standard InChI is InChI=1S/C14H20N2O4/c1-9(2)11-8-19-14(18)16(11)7-10-5-6-12(20-10)13(17)15(3)4/h5-6,9,11H,7-8H2,1-4H3/t11-/m1/s1. The van der Waals surface area contributed by atoms with Crippen LogP contribution in [0, 0.1) is 5.92 Å². The highest BCUT2D eigenvalue weighted by molar-refractivity contribution is 5.91. The number of nitrogens with zero attached hydrogens (tertiary/aromatic N) is 2. The summed E-state index contributed by atoms with van der Waals surface area (Å²) < 4.78 is 10.6. The molecule has 2 rings (SSSR count). The van der Waals surface area contributed by atoms with Gasteiger partial charge in [-0.3, -0.25) is 9.69 Å². The summed E-state index contributed by atoms with van der Waals surface area (Å²) in [5.41, 5.74) is 0. The van der Waals surface area contributed by atoms with E-state index in [1.165, 1.54) is 4.90 Å². The van der Waals surface area contributed by atoms with Gasteiger partial charge in [0.15, 0.2) is 5.76 Å². The van der Waals surface area contributed by atoms with E-state index in [1.54, 1.807) is 31.1 Å². The Morgan fingerprint density at radius 3 is 2.75 bits per heavy atom. The largest absolute Gasteiger partial charge is 0.454 e. The first kappa shape index (κ1) is 14.4. The van der Waals surface area contributed by atoms with Gasteiger partial charge in [0.25, 0.3) is 5.91 Å². The summed E-state index contributed by atoms with van der Waals surface area (Å²) >= 11 is 0. The highest BCUT2D eigenvalue weighted by Crippen LogP contribution is 2.23. The number of hydrogen-bond acceptors (Lipinski definition) is 4. The minimum Gasteiger partial charge on any atom is -0.454 e. The second-order valence-corrected chi connectivity index (χ2v) is 5.48. The lowest BCUT2D eigenvalue weighted by atomic mass is 10.0. The van der Waals surface area contributed by atoms with Crippen molar-refractivity contribution < 1.29 is 18.7 Å². The topological polar surface area (TPSA) is 63.0 Å². The van der Waals surface area contributed by atoms with Crippen LogP contribution in [0.1, 0.15) is 30.2 Å². The molecule has 1 saturated heterocycles. The molecule has 20 heavy (non-hydrogen) atoms. The summed E-state index contributed by atoms with van der Waals surface area (Å²) in [6, 6.07) is 3.39. The van der Waals surface area contributed by atoms with E-state index in [0.29, 0.717) is 24.8 Å². The van der Waals surface area contributed by atoms with Crippen molar-refractivity contribution in [3.05, 3.63) is 23.7 Å². The first-order valence-corrected chi connectivity index (χ1v) is 6.64. The summed E-state index contributed by atoms with van der Waals surface area (Å²) in [6.07, 6.45) is -0.333. The predicted octanol–water partition coefficient (Wildman–Crippen LogP) is 1.96. The zero-order valence-corrected chi connectivity index (χ0v) is 12.3. The molecule has 0 spiro atoms. The van der Waals surface area contributed by atoms with Gasteiger partial charge >= 0.3 is 6.09 Å². The molecule has 1 aromatic heterocycles. The van der Waals surface area contributed by atoms with Gasteiger partial charge in [0.1, 0.15) is 12.4 Å². The molecule has 2 heterocycles. The molecule has 1 atom stereocenters. The van der Waals surface area contributed by atoms with Crippen molar-refractivity contribution in [2.24, 2.45) is 5.92 Å². The van der Waals surface area contributed by atoms with Crippen molar-refractivity contribution >= 4 is 12.0 Å². The van der Waals surface area contributed by atoms with E-state index in [2.05, 4.69) is 0 Å². The van der Waals surface area contributed by atoms with Gasteiger partial charge in [0.2, 0.25) is 0 Å². The number of furan rings is 1. The molecule has 0 aromatic carbocycles. The molecule has 0 aliphatic carbocycles. The predicted molar refractivity (Wildman–Crippen MR) is 72.2 cm³/mol. The van der Waals surface area contributed by atoms with Gasteiger partial charge in [-0.15, -0.1) is 0 Å². The second kappa shape index (κ2) is 5.56. The lowest BCUT2D eigenvalue weighted by molar-refractivity contribution is 0.0793. The summed E-state index contributed by atoms with van der Waals surface area (Å²) in [7, 11) is 3.33. The molecule has 6 nitrogen and oxygen atoms in total. The summed E-state index contributed by atoms with van der Waals surface area (Å²) in [5.74, 6) is 0.971. The molecule has 0 saturated carbocycles. The lowest BCUT2D eigenvalue weighted by Crippen LogP contribution is -2.36. The normalized spacial score (nSPS) is 18.6. The molecule has 1 aliphatic rings. The van der Waals surface area contributed by atoms with Gasteiger partial charge in [-0.05, 0) is 18.1 Å². The van der Waals surface area contributed by atoms with E-state index < -0.39 is 0 Å². The Morgan fingerprint density at radius 2 is 2.15 bits per heavy atom. The molecule has 110 valence electrons. The maximum absolute atomic E-state index is 11.8. The number of hydrogen-bond donors (Lipinski definition) is 0. The molecule has 1 aromatic rings. The average Bonchev–Trinajstić information content (AvgIpc) is 2.97.